The Morgan fingerprint density at radius 1 is 1.16 bits per heavy atom. The number of aliphatic imine (C=N–C) groups is 1. The van der Waals surface area contributed by atoms with E-state index < -0.39 is 0 Å². The zero-order chi connectivity index (χ0) is 16.9. The number of hydrogen-bond acceptors (Lipinski definition) is 3. The molecular weight excluding hydrogens is 443 g/mol. The van der Waals surface area contributed by atoms with Crippen LogP contribution in [0.25, 0.3) is 10.2 Å². The van der Waals surface area contributed by atoms with Crippen molar-refractivity contribution >= 4 is 57.2 Å². The minimum atomic E-state index is 0. The number of aryl methyl sites for hydroxylation is 3. The van der Waals surface area contributed by atoms with Gasteiger partial charge in [0.2, 0.25) is 0 Å². The molecule has 0 atom stereocenters. The summed E-state index contributed by atoms with van der Waals surface area (Å²) in [6.45, 7) is 4.84. The molecule has 0 radical (unpaired) electrons. The van der Waals surface area contributed by atoms with Crippen molar-refractivity contribution in [1.82, 2.24) is 4.98 Å². The minimum Gasteiger partial charge on any atom is -0.370 e. The first-order chi connectivity index (χ1) is 11.6. The van der Waals surface area contributed by atoms with E-state index in [1.807, 2.05) is 12.1 Å². The average Bonchev–Trinajstić information content (AvgIpc) is 2.93. The summed E-state index contributed by atoms with van der Waals surface area (Å²) in [5.41, 5.74) is 10.5. The molecule has 0 fully saturated rings. The lowest BCUT2D eigenvalue weighted by Crippen LogP contribution is -2.23. The quantitative estimate of drug-likeness (QED) is 0.244. The molecule has 0 aliphatic rings. The summed E-state index contributed by atoms with van der Waals surface area (Å²) in [7, 11) is 0. The number of hydrogen-bond donors (Lipinski definition) is 2. The third-order valence-electron chi connectivity index (χ3n) is 3.66. The van der Waals surface area contributed by atoms with Gasteiger partial charge in [-0.05, 0) is 55.7 Å². The molecule has 0 amide bonds. The lowest BCUT2D eigenvalue weighted by molar-refractivity contribution is 0.827. The maximum absolute atomic E-state index is 5.97. The van der Waals surface area contributed by atoms with Gasteiger partial charge in [-0.2, -0.15) is 0 Å². The predicted octanol–water partition coefficient (Wildman–Crippen LogP) is 4.89. The first-order valence-electron chi connectivity index (χ1n) is 8.10. The Morgan fingerprint density at radius 2 is 1.88 bits per heavy atom. The van der Waals surface area contributed by atoms with E-state index in [1.165, 1.54) is 15.8 Å². The van der Waals surface area contributed by atoms with E-state index in [-0.39, 0.29) is 24.0 Å². The summed E-state index contributed by atoms with van der Waals surface area (Å²) in [6.07, 6.45) is 1.87. The van der Waals surface area contributed by atoms with Crippen molar-refractivity contribution in [2.75, 3.05) is 11.9 Å². The fourth-order valence-electron chi connectivity index (χ4n) is 2.69. The highest BCUT2D eigenvalue weighted by atomic mass is 127. The van der Waals surface area contributed by atoms with Gasteiger partial charge >= 0.3 is 0 Å². The van der Waals surface area contributed by atoms with Crippen molar-refractivity contribution in [2.24, 2.45) is 10.7 Å². The molecule has 0 bridgehead atoms. The Labute approximate surface area is 169 Å². The molecule has 25 heavy (non-hydrogen) atoms. The van der Waals surface area contributed by atoms with Gasteiger partial charge in [-0.1, -0.05) is 18.2 Å². The van der Waals surface area contributed by atoms with Crippen molar-refractivity contribution in [1.29, 1.82) is 0 Å². The SMILES string of the molecule is Cc1cc(C)cc(NC(N)=NCCCc2nc3ccccc3s2)c1.I. The first-order valence-corrected chi connectivity index (χ1v) is 8.91. The molecule has 0 unspecified atom stereocenters. The maximum atomic E-state index is 5.97. The fourth-order valence-corrected chi connectivity index (χ4v) is 3.70. The van der Waals surface area contributed by atoms with Gasteiger partial charge in [0, 0.05) is 18.7 Å². The average molecular weight is 466 g/mol. The van der Waals surface area contributed by atoms with Gasteiger partial charge in [-0.15, -0.1) is 35.3 Å². The van der Waals surface area contributed by atoms with E-state index in [1.54, 1.807) is 11.3 Å². The number of nitrogens with one attached hydrogen (secondary N) is 1. The summed E-state index contributed by atoms with van der Waals surface area (Å²) in [5.74, 6) is 0.462. The third-order valence-corrected chi connectivity index (χ3v) is 4.76. The number of nitrogens with zero attached hydrogens (tertiary/aromatic N) is 2. The molecule has 0 aliphatic carbocycles. The molecule has 6 heteroatoms. The molecule has 3 N–H and O–H groups in total. The highest BCUT2D eigenvalue weighted by molar-refractivity contribution is 14.0. The number of fused-ring (bicyclic) bond motifs is 1. The molecule has 2 aromatic carbocycles. The number of rotatable bonds is 5. The van der Waals surface area contributed by atoms with E-state index in [0.717, 1.165) is 29.1 Å². The topological polar surface area (TPSA) is 63.3 Å². The van der Waals surface area contributed by atoms with Gasteiger partial charge in [0.15, 0.2) is 5.96 Å². The predicted molar refractivity (Wildman–Crippen MR) is 119 cm³/mol. The van der Waals surface area contributed by atoms with Crippen molar-refractivity contribution < 1.29 is 0 Å². The molecule has 3 rings (SSSR count). The van der Waals surface area contributed by atoms with Crippen LogP contribution >= 0.6 is 35.3 Å². The molecule has 0 saturated carbocycles. The van der Waals surface area contributed by atoms with Crippen LogP contribution in [0, 0.1) is 13.8 Å². The molecule has 4 nitrogen and oxygen atoms in total. The highest BCUT2D eigenvalue weighted by Crippen LogP contribution is 2.22. The van der Waals surface area contributed by atoms with Crippen LogP contribution in [0.3, 0.4) is 0 Å². The lowest BCUT2D eigenvalue weighted by atomic mass is 10.1. The number of para-hydroxylation sites is 1. The Hall–Kier alpha value is -1.67. The summed E-state index contributed by atoms with van der Waals surface area (Å²) in [6, 6.07) is 14.5. The van der Waals surface area contributed by atoms with Crippen LogP contribution in [0.2, 0.25) is 0 Å². The van der Waals surface area contributed by atoms with Gasteiger partial charge in [-0.25, -0.2) is 4.98 Å². The van der Waals surface area contributed by atoms with Crippen LogP contribution in [0.15, 0.2) is 47.5 Å². The zero-order valence-corrected chi connectivity index (χ0v) is 17.6. The molecule has 1 heterocycles. The van der Waals surface area contributed by atoms with E-state index in [9.17, 15) is 0 Å². The second-order valence-corrected chi connectivity index (χ2v) is 7.06. The van der Waals surface area contributed by atoms with Crippen LogP contribution in [-0.4, -0.2) is 17.5 Å². The molecule has 0 saturated heterocycles. The van der Waals surface area contributed by atoms with Crippen LogP contribution in [0.5, 0.6) is 0 Å². The third kappa shape index (κ3) is 5.67. The number of guanidine groups is 1. The van der Waals surface area contributed by atoms with Gasteiger partial charge in [0.1, 0.15) is 0 Å². The number of aromatic nitrogens is 1. The van der Waals surface area contributed by atoms with Gasteiger partial charge < -0.3 is 11.1 Å². The van der Waals surface area contributed by atoms with Gasteiger partial charge in [0.05, 0.1) is 15.2 Å². The van der Waals surface area contributed by atoms with Gasteiger partial charge in [0.25, 0.3) is 0 Å². The lowest BCUT2D eigenvalue weighted by Gasteiger charge is -2.07. The maximum Gasteiger partial charge on any atom is 0.193 e. The Kier molecular flexibility index (Phi) is 7.19. The smallest absolute Gasteiger partial charge is 0.193 e. The first kappa shape index (κ1) is 19.7. The van der Waals surface area contributed by atoms with E-state index in [2.05, 4.69) is 59.5 Å². The zero-order valence-electron chi connectivity index (χ0n) is 14.5. The number of nitrogens with two attached hydrogens (primary N) is 1. The largest absolute Gasteiger partial charge is 0.370 e. The number of thiazole rings is 1. The van der Waals surface area contributed by atoms with Gasteiger partial charge in [-0.3, -0.25) is 4.99 Å². The van der Waals surface area contributed by atoms with Crippen molar-refractivity contribution in [3.8, 4) is 0 Å². The summed E-state index contributed by atoms with van der Waals surface area (Å²) < 4.78 is 1.24. The molecule has 0 aliphatic heterocycles. The Balaban J connectivity index is 0.00000225. The van der Waals surface area contributed by atoms with Crippen molar-refractivity contribution in [3.63, 3.8) is 0 Å². The molecule has 0 spiro atoms. The van der Waals surface area contributed by atoms with Crippen LogP contribution in [0.1, 0.15) is 22.6 Å². The highest BCUT2D eigenvalue weighted by Gasteiger charge is 2.03. The monoisotopic (exact) mass is 466 g/mol. The fraction of sp³-hybridized carbons (Fsp3) is 0.263. The molecule has 3 aromatic rings. The standard InChI is InChI=1S/C19H22N4S.HI/c1-13-10-14(2)12-15(11-13)22-19(20)21-9-5-8-18-23-16-6-3-4-7-17(16)24-18;/h3-4,6-7,10-12H,5,8-9H2,1-2H3,(H3,20,21,22);1H. The van der Waals surface area contributed by atoms with Crippen molar-refractivity contribution in [3.05, 3.63) is 58.6 Å². The summed E-state index contributed by atoms with van der Waals surface area (Å²) >= 11 is 1.76. The van der Waals surface area contributed by atoms with E-state index in [4.69, 9.17) is 5.73 Å². The summed E-state index contributed by atoms with van der Waals surface area (Å²) in [5, 5.41) is 4.32. The minimum absolute atomic E-state index is 0. The normalized spacial score (nSPS) is 11.4. The number of benzene rings is 2. The van der Waals surface area contributed by atoms with Crippen LogP contribution in [0.4, 0.5) is 5.69 Å². The molecular formula is C19H23IN4S. The van der Waals surface area contributed by atoms with Crippen LogP contribution < -0.4 is 11.1 Å². The molecule has 1 aromatic heterocycles. The van der Waals surface area contributed by atoms with E-state index in [0.29, 0.717) is 12.5 Å². The second-order valence-electron chi connectivity index (χ2n) is 5.95. The number of halogens is 1. The second kappa shape index (κ2) is 9.15. The Morgan fingerprint density at radius 3 is 2.60 bits per heavy atom. The molecule has 132 valence electrons. The van der Waals surface area contributed by atoms with Crippen LogP contribution in [-0.2, 0) is 6.42 Å². The van der Waals surface area contributed by atoms with E-state index >= 15 is 0 Å². The number of anilines is 1. The summed E-state index contributed by atoms with van der Waals surface area (Å²) in [4.78, 5) is 9.05. The Bertz CT molecular complexity index is 819. The van der Waals surface area contributed by atoms with Crippen molar-refractivity contribution in [2.45, 2.75) is 26.7 Å².